The van der Waals surface area contributed by atoms with Gasteiger partial charge < -0.3 is 5.32 Å². The molecule has 1 amide bonds. The molecule has 7 heteroatoms. The van der Waals surface area contributed by atoms with Gasteiger partial charge >= 0.3 is 0 Å². The number of hydrogen-bond donors (Lipinski definition) is 1. The van der Waals surface area contributed by atoms with Gasteiger partial charge in [0.15, 0.2) is 0 Å². The SMILES string of the molecule is Cc1nc(-c2ccccc2)sc1C(=O)NCCn1nc2c(cc1=O)CCC2. The Hall–Kier alpha value is -2.80. The highest BCUT2D eigenvalue weighted by Crippen LogP contribution is 2.27. The van der Waals surface area contributed by atoms with Gasteiger partial charge in [-0.3, -0.25) is 9.59 Å². The van der Waals surface area contributed by atoms with Crippen LogP contribution in [0.4, 0.5) is 0 Å². The van der Waals surface area contributed by atoms with Gasteiger partial charge in [-0.1, -0.05) is 30.3 Å². The maximum atomic E-state index is 12.5. The maximum absolute atomic E-state index is 12.5. The standard InChI is InChI=1S/C20H20N4O2S/c1-13-18(27-20(22-13)14-6-3-2-4-7-14)19(26)21-10-11-24-17(25)12-15-8-5-9-16(15)23-24/h2-4,6-7,12H,5,8-11H2,1H3,(H,21,26). The van der Waals surface area contributed by atoms with Crippen molar-refractivity contribution in [1.82, 2.24) is 20.1 Å². The van der Waals surface area contributed by atoms with Crippen LogP contribution < -0.4 is 10.9 Å². The molecule has 0 atom stereocenters. The molecule has 0 fully saturated rings. The summed E-state index contributed by atoms with van der Waals surface area (Å²) in [6.45, 7) is 2.55. The van der Waals surface area contributed by atoms with E-state index in [4.69, 9.17) is 0 Å². The number of aryl methyl sites for hydroxylation is 3. The van der Waals surface area contributed by atoms with E-state index in [9.17, 15) is 9.59 Å². The molecule has 1 aromatic carbocycles. The van der Waals surface area contributed by atoms with E-state index in [0.717, 1.165) is 41.1 Å². The van der Waals surface area contributed by atoms with Gasteiger partial charge in [0.1, 0.15) is 9.88 Å². The molecular weight excluding hydrogens is 360 g/mol. The van der Waals surface area contributed by atoms with Crippen molar-refractivity contribution in [3.63, 3.8) is 0 Å². The predicted octanol–water partition coefficient (Wildman–Crippen LogP) is 2.59. The normalized spacial score (nSPS) is 12.8. The van der Waals surface area contributed by atoms with E-state index >= 15 is 0 Å². The number of carbonyl (C=O) groups is 1. The van der Waals surface area contributed by atoms with Crippen molar-refractivity contribution in [3.8, 4) is 10.6 Å². The summed E-state index contributed by atoms with van der Waals surface area (Å²) in [5.41, 5.74) is 3.67. The van der Waals surface area contributed by atoms with Crippen LogP contribution in [0.15, 0.2) is 41.2 Å². The number of nitrogens with one attached hydrogen (secondary N) is 1. The molecule has 27 heavy (non-hydrogen) atoms. The maximum Gasteiger partial charge on any atom is 0.267 e. The molecule has 0 spiro atoms. The minimum absolute atomic E-state index is 0.106. The van der Waals surface area contributed by atoms with Gasteiger partial charge in [-0.25, -0.2) is 9.67 Å². The first-order valence-corrected chi connectivity index (χ1v) is 9.84. The number of carbonyl (C=O) groups excluding carboxylic acids is 1. The van der Waals surface area contributed by atoms with Crippen LogP contribution in [0.5, 0.6) is 0 Å². The molecule has 1 aliphatic rings. The van der Waals surface area contributed by atoms with Crippen molar-refractivity contribution in [2.45, 2.75) is 32.7 Å². The minimum atomic E-state index is -0.165. The van der Waals surface area contributed by atoms with Gasteiger partial charge in [0.05, 0.1) is 17.9 Å². The molecule has 0 radical (unpaired) electrons. The molecule has 138 valence electrons. The number of hydrogen-bond acceptors (Lipinski definition) is 5. The van der Waals surface area contributed by atoms with Crippen molar-refractivity contribution in [1.29, 1.82) is 0 Å². The van der Waals surface area contributed by atoms with Gasteiger partial charge in [0, 0.05) is 18.2 Å². The fraction of sp³-hybridized carbons (Fsp3) is 0.300. The molecule has 1 aliphatic carbocycles. The number of aromatic nitrogens is 3. The third-order valence-electron chi connectivity index (χ3n) is 4.66. The average molecular weight is 380 g/mol. The molecule has 2 heterocycles. The lowest BCUT2D eigenvalue weighted by molar-refractivity contribution is 0.0955. The Morgan fingerprint density at radius 2 is 2.07 bits per heavy atom. The molecule has 6 nitrogen and oxygen atoms in total. The van der Waals surface area contributed by atoms with E-state index in [1.54, 1.807) is 6.07 Å². The van der Waals surface area contributed by atoms with E-state index in [2.05, 4.69) is 15.4 Å². The third-order valence-corrected chi connectivity index (χ3v) is 5.86. The summed E-state index contributed by atoms with van der Waals surface area (Å²) in [6.07, 6.45) is 2.91. The Morgan fingerprint density at radius 3 is 2.89 bits per heavy atom. The topological polar surface area (TPSA) is 76.9 Å². The summed E-state index contributed by atoms with van der Waals surface area (Å²) in [5.74, 6) is -0.165. The van der Waals surface area contributed by atoms with Gasteiger partial charge in [-0.15, -0.1) is 11.3 Å². The van der Waals surface area contributed by atoms with Crippen molar-refractivity contribution in [2.24, 2.45) is 0 Å². The summed E-state index contributed by atoms with van der Waals surface area (Å²) < 4.78 is 1.44. The average Bonchev–Trinajstić information content (AvgIpc) is 3.28. The Balaban J connectivity index is 1.42. The summed E-state index contributed by atoms with van der Waals surface area (Å²) in [4.78, 5) is 29.8. The predicted molar refractivity (Wildman–Crippen MR) is 105 cm³/mol. The van der Waals surface area contributed by atoms with Crippen molar-refractivity contribution in [3.05, 3.63) is 68.6 Å². The number of thiazole rings is 1. The fourth-order valence-electron chi connectivity index (χ4n) is 3.27. The van der Waals surface area contributed by atoms with Crippen LogP contribution in [-0.4, -0.2) is 27.2 Å². The van der Waals surface area contributed by atoms with E-state index in [1.807, 2.05) is 37.3 Å². The van der Waals surface area contributed by atoms with Crippen molar-refractivity contribution in [2.75, 3.05) is 6.54 Å². The zero-order valence-corrected chi connectivity index (χ0v) is 15.9. The minimum Gasteiger partial charge on any atom is -0.349 e. The number of fused-ring (bicyclic) bond motifs is 1. The summed E-state index contributed by atoms with van der Waals surface area (Å²) in [6, 6.07) is 11.5. The highest BCUT2D eigenvalue weighted by Gasteiger charge is 2.17. The Morgan fingerprint density at radius 1 is 1.26 bits per heavy atom. The van der Waals surface area contributed by atoms with Crippen molar-refractivity contribution >= 4 is 17.2 Å². The highest BCUT2D eigenvalue weighted by molar-refractivity contribution is 7.17. The fourth-order valence-corrected chi connectivity index (χ4v) is 4.25. The molecule has 2 aromatic heterocycles. The molecule has 3 aromatic rings. The summed E-state index contributed by atoms with van der Waals surface area (Å²) in [7, 11) is 0. The van der Waals surface area contributed by atoms with Crippen LogP contribution in [0.1, 0.15) is 33.0 Å². The molecule has 0 saturated heterocycles. The van der Waals surface area contributed by atoms with Crippen LogP contribution in [0, 0.1) is 6.92 Å². The molecular formula is C20H20N4O2S. The second-order valence-corrected chi connectivity index (χ2v) is 7.59. The van der Waals surface area contributed by atoms with Gasteiger partial charge in [-0.05, 0) is 31.7 Å². The molecule has 4 rings (SSSR count). The van der Waals surface area contributed by atoms with Gasteiger partial charge in [-0.2, -0.15) is 5.10 Å². The molecule has 0 bridgehead atoms. The first-order chi connectivity index (χ1) is 13.1. The Labute approximate surface area is 160 Å². The lowest BCUT2D eigenvalue weighted by atomic mass is 10.2. The van der Waals surface area contributed by atoms with Crippen molar-refractivity contribution < 1.29 is 4.79 Å². The van der Waals surface area contributed by atoms with E-state index in [1.165, 1.54) is 16.0 Å². The van der Waals surface area contributed by atoms with Gasteiger partial charge in [0.25, 0.3) is 11.5 Å². The number of amides is 1. The Bertz CT molecular complexity index is 1040. The first-order valence-electron chi connectivity index (χ1n) is 9.03. The first kappa shape index (κ1) is 17.6. The lowest BCUT2D eigenvalue weighted by Crippen LogP contribution is -2.32. The van der Waals surface area contributed by atoms with E-state index < -0.39 is 0 Å². The zero-order chi connectivity index (χ0) is 18.8. The third kappa shape index (κ3) is 3.68. The molecule has 0 saturated carbocycles. The van der Waals surface area contributed by atoms with Gasteiger partial charge in [0.2, 0.25) is 0 Å². The molecule has 1 N–H and O–H groups in total. The molecule has 0 unspecified atom stereocenters. The summed E-state index contributed by atoms with van der Waals surface area (Å²) in [5, 5.41) is 8.14. The van der Waals surface area contributed by atoms with Crippen LogP contribution in [-0.2, 0) is 19.4 Å². The number of benzene rings is 1. The monoisotopic (exact) mass is 380 g/mol. The van der Waals surface area contributed by atoms with Crippen LogP contribution in [0.25, 0.3) is 10.6 Å². The lowest BCUT2D eigenvalue weighted by Gasteiger charge is -2.08. The highest BCUT2D eigenvalue weighted by atomic mass is 32.1. The number of nitrogens with zero attached hydrogens (tertiary/aromatic N) is 3. The quantitative estimate of drug-likeness (QED) is 0.738. The second kappa shape index (κ2) is 7.44. The molecule has 0 aliphatic heterocycles. The smallest absolute Gasteiger partial charge is 0.267 e. The summed E-state index contributed by atoms with van der Waals surface area (Å²) >= 11 is 1.38. The largest absolute Gasteiger partial charge is 0.349 e. The van der Waals surface area contributed by atoms with E-state index in [-0.39, 0.29) is 11.5 Å². The second-order valence-electron chi connectivity index (χ2n) is 6.59. The zero-order valence-electron chi connectivity index (χ0n) is 15.1. The van der Waals surface area contributed by atoms with Crippen LogP contribution in [0.2, 0.25) is 0 Å². The Kier molecular flexibility index (Phi) is 4.85. The van der Waals surface area contributed by atoms with E-state index in [0.29, 0.717) is 23.7 Å². The number of rotatable bonds is 5. The van der Waals surface area contributed by atoms with Crippen LogP contribution in [0.3, 0.4) is 0 Å². The van der Waals surface area contributed by atoms with Crippen LogP contribution >= 0.6 is 11.3 Å².